The second-order valence-corrected chi connectivity index (χ2v) is 4.98. The Labute approximate surface area is 110 Å². The number of benzene rings is 1. The van der Waals surface area contributed by atoms with Gasteiger partial charge in [0, 0.05) is 10.4 Å². The second kappa shape index (κ2) is 5.60. The number of rotatable bonds is 3. The molecule has 0 atom stereocenters. The van der Waals surface area contributed by atoms with Crippen molar-refractivity contribution in [3.05, 3.63) is 57.3 Å². The van der Waals surface area contributed by atoms with E-state index in [1.807, 2.05) is 37.4 Å². The van der Waals surface area contributed by atoms with Crippen LogP contribution in [0, 0.1) is 13.8 Å². The monoisotopic (exact) mass is 258 g/mol. The molecule has 1 amide bonds. The van der Waals surface area contributed by atoms with Crippen molar-refractivity contribution in [1.29, 1.82) is 0 Å². The first-order chi connectivity index (χ1) is 8.66. The number of carbonyl (C=O) groups is 1. The van der Waals surface area contributed by atoms with Gasteiger partial charge in [-0.05, 0) is 43.0 Å². The van der Waals surface area contributed by atoms with E-state index < -0.39 is 0 Å². The molecule has 1 aromatic carbocycles. The fourth-order valence-corrected chi connectivity index (χ4v) is 2.22. The zero-order valence-corrected chi connectivity index (χ0v) is 11.1. The summed E-state index contributed by atoms with van der Waals surface area (Å²) in [5, 5.41) is 5.96. The van der Waals surface area contributed by atoms with Gasteiger partial charge in [-0.15, -0.1) is 11.3 Å². The largest absolute Gasteiger partial charge is 0.271 e. The van der Waals surface area contributed by atoms with Crippen molar-refractivity contribution < 1.29 is 4.79 Å². The molecule has 18 heavy (non-hydrogen) atoms. The van der Waals surface area contributed by atoms with E-state index in [9.17, 15) is 4.79 Å². The van der Waals surface area contributed by atoms with E-state index in [0.29, 0.717) is 5.56 Å². The van der Waals surface area contributed by atoms with Crippen LogP contribution in [-0.2, 0) is 0 Å². The quantitative estimate of drug-likeness (QED) is 0.667. The molecule has 92 valence electrons. The average Bonchev–Trinajstić information content (AvgIpc) is 2.76. The number of nitrogens with one attached hydrogen (secondary N) is 1. The maximum atomic E-state index is 11.7. The van der Waals surface area contributed by atoms with Crippen LogP contribution < -0.4 is 5.43 Å². The van der Waals surface area contributed by atoms with Gasteiger partial charge in [0.15, 0.2) is 0 Å². The zero-order valence-electron chi connectivity index (χ0n) is 10.3. The van der Waals surface area contributed by atoms with Gasteiger partial charge in [-0.1, -0.05) is 17.7 Å². The fourth-order valence-electron chi connectivity index (χ4n) is 1.44. The Hall–Kier alpha value is -1.94. The molecule has 0 saturated carbocycles. The minimum absolute atomic E-state index is 0.194. The molecule has 0 aliphatic heterocycles. The van der Waals surface area contributed by atoms with Crippen molar-refractivity contribution >= 4 is 23.5 Å². The summed E-state index contributed by atoms with van der Waals surface area (Å²) < 4.78 is 0. The maximum absolute atomic E-state index is 11.7. The highest BCUT2D eigenvalue weighted by atomic mass is 32.1. The molecule has 2 rings (SSSR count). The Morgan fingerprint density at radius 3 is 2.56 bits per heavy atom. The number of aryl methyl sites for hydroxylation is 2. The Bertz CT molecular complexity index is 570. The van der Waals surface area contributed by atoms with Gasteiger partial charge in [-0.3, -0.25) is 4.79 Å². The van der Waals surface area contributed by atoms with Crippen LogP contribution in [0.3, 0.4) is 0 Å². The number of nitrogens with zero attached hydrogens (tertiary/aromatic N) is 1. The van der Waals surface area contributed by atoms with Crippen LogP contribution in [0.15, 0.2) is 40.8 Å². The Morgan fingerprint density at radius 2 is 1.94 bits per heavy atom. The SMILES string of the molecule is Cc1ccc(C(=O)N/N=C/c2sccc2C)cc1. The van der Waals surface area contributed by atoms with Crippen molar-refractivity contribution in [3.63, 3.8) is 0 Å². The van der Waals surface area contributed by atoms with Gasteiger partial charge >= 0.3 is 0 Å². The van der Waals surface area contributed by atoms with E-state index in [4.69, 9.17) is 0 Å². The van der Waals surface area contributed by atoms with E-state index in [1.165, 1.54) is 0 Å². The predicted molar refractivity (Wildman–Crippen MR) is 75.3 cm³/mol. The first-order valence-corrected chi connectivity index (χ1v) is 6.49. The van der Waals surface area contributed by atoms with E-state index in [1.54, 1.807) is 29.7 Å². The summed E-state index contributed by atoms with van der Waals surface area (Å²) in [6.07, 6.45) is 1.67. The smallest absolute Gasteiger partial charge is 0.267 e. The van der Waals surface area contributed by atoms with Crippen LogP contribution in [0.5, 0.6) is 0 Å². The molecule has 0 unspecified atom stereocenters. The summed E-state index contributed by atoms with van der Waals surface area (Å²) in [5.41, 5.74) is 5.42. The van der Waals surface area contributed by atoms with Crippen molar-refractivity contribution in [2.45, 2.75) is 13.8 Å². The second-order valence-electron chi connectivity index (χ2n) is 4.03. The van der Waals surface area contributed by atoms with Crippen molar-refractivity contribution in [2.75, 3.05) is 0 Å². The number of amides is 1. The van der Waals surface area contributed by atoms with Crippen molar-refractivity contribution in [2.24, 2.45) is 5.10 Å². The molecule has 1 heterocycles. The first-order valence-electron chi connectivity index (χ1n) is 5.61. The summed E-state index contributed by atoms with van der Waals surface area (Å²) >= 11 is 1.60. The van der Waals surface area contributed by atoms with Crippen molar-refractivity contribution in [3.8, 4) is 0 Å². The molecule has 3 nitrogen and oxygen atoms in total. The molecular formula is C14H14N2OS. The lowest BCUT2D eigenvalue weighted by atomic mass is 10.1. The summed E-state index contributed by atoms with van der Waals surface area (Å²) in [4.78, 5) is 12.8. The topological polar surface area (TPSA) is 41.5 Å². The van der Waals surface area contributed by atoms with Crippen LogP contribution in [0.25, 0.3) is 0 Å². The minimum Gasteiger partial charge on any atom is -0.267 e. The van der Waals surface area contributed by atoms with Crippen molar-refractivity contribution in [1.82, 2.24) is 5.43 Å². The molecule has 0 radical (unpaired) electrons. The minimum atomic E-state index is -0.194. The van der Waals surface area contributed by atoms with Gasteiger partial charge in [-0.25, -0.2) is 5.43 Å². The fraction of sp³-hybridized carbons (Fsp3) is 0.143. The number of thiophene rings is 1. The highest BCUT2D eigenvalue weighted by Gasteiger charge is 2.02. The maximum Gasteiger partial charge on any atom is 0.271 e. The molecule has 4 heteroatoms. The third kappa shape index (κ3) is 3.05. The summed E-state index contributed by atoms with van der Waals surface area (Å²) in [5.74, 6) is -0.194. The first kappa shape index (κ1) is 12.5. The molecule has 1 aromatic heterocycles. The Morgan fingerprint density at radius 1 is 1.22 bits per heavy atom. The summed E-state index contributed by atoms with van der Waals surface area (Å²) in [6.45, 7) is 4.00. The third-order valence-electron chi connectivity index (χ3n) is 2.56. The van der Waals surface area contributed by atoms with Gasteiger partial charge < -0.3 is 0 Å². The van der Waals surface area contributed by atoms with Crippen LogP contribution in [-0.4, -0.2) is 12.1 Å². The lowest BCUT2D eigenvalue weighted by molar-refractivity contribution is 0.0955. The highest BCUT2D eigenvalue weighted by Crippen LogP contribution is 2.12. The van der Waals surface area contributed by atoms with Crippen LogP contribution in [0.4, 0.5) is 0 Å². The van der Waals surface area contributed by atoms with E-state index >= 15 is 0 Å². The third-order valence-corrected chi connectivity index (χ3v) is 3.52. The van der Waals surface area contributed by atoms with Crippen LogP contribution in [0.1, 0.15) is 26.4 Å². The highest BCUT2D eigenvalue weighted by molar-refractivity contribution is 7.11. The zero-order chi connectivity index (χ0) is 13.0. The Kier molecular flexibility index (Phi) is 3.89. The van der Waals surface area contributed by atoms with Crippen LogP contribution >= 0.6 is 11.3 Å². The summed E-state index contributed by atoms with van der Waals surface area (Å²) in [7, 11) is 0. The summed E-state index contributed by atoms with van der Waals surface area (Å²) in [6, 6.07) is 9.41. The molecule has 0 fully saturated rings. The van der Waals surface area contributed by atoms with Gasteiger partial charge in [0.25, 0.3) is 5.91 Å². The molecule has 0 spiro atoms. The lowest BCUT2D eigenvalue weighted by Gasteiger charge is -1.99. The van der Waals surface area contributed by atoms with E-state index in [2.05, 4.69) is 10.5 Å². The van der Waals surface area contributed by atoms with Gasteiger partial charge in [0.1, 0.15) is 0 Å². The number of hydrogen-bond donors (Lipinski definition) is 1. The van der Waals surface area contributed by atoms with Crippen LogP contribution in [0.2, 0.25) is 0 Å². The lowest BCUT2D eigenvalue weighted by Crippen LogP contribution is -2.17. The standard InChI is InChI=1S/C14H14N2OS/c1-10-3-5-12(6-4-10)14(17)16-15-9-13-11(2)7-8-18-13/h3-9H,1-2H3,(H,16,17)/b15-9+. The van der Waals surface area contributed by atoms with E-state index in [-0.39, 0.29) is 5.91 Å². The van der Waals surface area contributed by atoms with Gasteiger partial charge in [0.2, 0.25) is 0 Å². The van der Waals surface area contributed by atoms with E-state index in [0.717, 1.165) is 16.0 Å². The number of carbonyl (C=O) groups excluding carboxylic acids is 1. The predicted octanol–water partition coefficient (Wildman–Crippen LogP) is 3.13. The normalized spacial score (nSPS) is 10.8. The molecule has 1 N–H and O–H groups in total. The Balaban J connectivity index is 1.98. The van der Waals surface area contributed by atoms with Gasteiger partial charge in [-0.2, -0.15) is 5.10 Å². The molecule has 0 bridgehead atoms. The number of hydrogen-bond acceptors (Lipinski definition) is 3. The number of hydrazone groups is 1. The molecule has 0 aliphatic carbocycles. The average molecular weight is 258 g/mol. The molecular weight excluding hydrogens is 244 g/mol. The molecule has 2 aromatic rings. The van der Waals surface area contributed by atoms with Gasteiger partial charge in [0.05, 0.1) is 6.21 Å². The molecule has 0 saturated heterocycles. The molecule has 0 aliphatic rings.